The topological polar surface area (TPSA) is 106 Å². The van der Waals surface area contributed by atoms with E-state index < -0.39 is 38.9 Å². The molecule has 0 spiro atoms. The predicted octanol–water partition coefficient (Wildman–Crippen LogP) is 4.68. The lowest BCUT2D eigenvalue weighted by atomic mass is 9.94. The highest BCUT2D eigenvalue weighted by atomic mass is 32.2. The van der Waals surface area contributed by atoms with Gasteiger partial charge in [0.2, 0.25) is 0 Å². The minimum Gasteiger partial charge on any atom is -0.478 e. The van der Waals surface area contributed by atoms with Crippen molar-refractivity contribution in [3.05, 3.63) is 65.1 Å². The van der Waals surface area contributed by atoms with Gasteiger partial charge in [0.25, 0.3) is 10.0 Å². The van der Waals surface area contributed by atoms with Gasteiger partial charge in [-0.25, -0.2) is 21.6 Å². The molecule has 0 radical (unpaired) electrons. The van der Waals surface area contributed by atoms with E-state index in [9.17, 15) is 27.5 Å². The molecular formula is C27H31FN2O6S. The summed E-state index contributed by atoms with van der Waals surface area (Å²) >= 11 is 0. The molecule has 0 saturated carbocycles. The van der Waals surface area contributed by atoms with E-state index in [1.807, 2.05) is 18.7 Å². The highest BCUT2D eigenvalue weighted by Crippen LogP contribution is 2.43. The van der Waals surface area contributed by atoms with E-state index in [4.69, 9.17) is 4.74 Å². The van der Waals surface area contributed by atoms with Gasteiger partial charge in [-0.1, -0.05) is 17.7 Å². The van der Waals surface area contributed by atoms with Gasteiger partial charge in [-0.2, -0.15) is 0 Å². The molecule has 1 aliphatic rings. The number of ether oxygens (including phenoxy) is 1. The van der Waals surface area contributed by atoms with Crippen molar-refractivity contribution in [3.8, 4) is 0 Å². The molecule has 0 aliphatic carbocycles. The van der Waals surface area contributed by atoms with E-state index in [-0.39, 0.29) is 33.6 Å². The third-order valence-corrected chi connectivity index (χ3v) is 8.45. The Morgan fingerprint density at radius 1 is 1.14 bits per heavy atom. The first-order valence-electron chi connectivity index (χ1n) is 12.0. The summed E-state index contributed by atoms with van der Waals surface area (Å²) in [5.41, 5.74) is -0.947. The van der Waals surface area contributed by atoms with Crippen molar-refractivity contribution in [2.75, 3.05) is 13.1 Å². The van der Waals surface area contributed by atoms with Crippen LogP contribution in [0, 0.1) is 12.7 Å². The molecule has 4 rings (SSSR count). The van der Waals surface area contributed by atoms with E-state index >= 15 is 0 Å². The molecule has 37 heavy (non-hydrogen) atoms. The van der Waals surface area contributed by atoms with Crippen molar-refractivity contribution in [1.82, 2.24) is 8.87 Å². The number of likely N-dealkylation sites (tertiary alicyclic amines) is 1. The van der Waals surface area contributed by atoms with Gasteiger partial charge in [0.1, 0.15) is 11.4 Å². The molecule has 1 unspecified atom stereocenters. The quantitative estimate of drug-likeness (QED) is 0.462. The molecule has 1 fully saturated rings. The van der Waals surface area contributed by atoms with Gasteiger partial charge in [0.05, 0.1) is 33.8 Å². The molecule has 1 N–H and O–H groups in total. The minimum absolute atomic E-state index is 0.0155. The SMILES string of the molecule is Cc1ccc(S(=O)(=O)n2c(C3(C)CCCN3CC(=O)OC(C)(C)C)cc3c(C(=O)O)cc(F)cc32)cc1. The van der Waals surface area contributed by atoms with Crippen LogP contribution in [0.5, 0.6) is 0 Å². The summed E-state index contributed by atoms with van der Waals surface area (Å²) in [5, 5.41) is 9.87. The van der Waals surface area contributed by atoms with Crippen LogP contribution in [0.2, 0.25) is 0 Å². The first kappa shape index (κ1) is 26.8. The Hall–Kier alpha value is -3.24. The number of hydrogen-bond acceptors (Lipinski definition) is 6. The second-order valence-corrected chi connectivity index (χ2v) is 12.5. The van der Waals surface area contributed by atoms with E-state index in [0.29, 0.717) is 19.4 Å². The Bertz CT molecular complexity index is 1490. The number of carboxylic acid groups (broad SMARTS) is 1. The van der Waals surface area contributed by atoms with Crippen molar-refractivity contribution in [3.63, 3.8) is 0 Å². The number of halogens is 1. The Morgan fingerprint density at radius 3 is 2.38 bits per heavy atom. The standard InChI is InChI=1S/C27H31FN2O6S/c1-17-7-9-19(10-8-17)37(34,35)30-22-14-18(28)13-21(25(32)33)20(22)15-23(30)27(5)11-6-12-29(27)16-24(31)36-26(2,3)4/h7-10,13-15H,6,11-12,16H2,1-5H3,(H,32,33). The van der Waals surface area contributed by atoms with Crippen LogP contribution in [0.3, 0.4) is 0 Å². The number of fused-ring (bicyclic) bond motifs is 1. The maximum Gasteiger partial charge on any atom is 0.336 e. The van der Waals surface area contributed by atoms with Crippen LogP contribution in [0.1, 0.15) is 62.2 Å². The fraction of sp³-hybridized carbons (Fsp3) is 0.407. The number of aryl methyl sites for hydroxylation is 1. The summed E-state index contributed by atoms with van der Waals surface area (Å²) in [6, 6.07) is 9.67. The number of rotatable bonds is 6. The monoisotopic (exact) mass is 530 g/mol. The molecule has 2 heterocycles. The van der Waals surface area contributed by atoms with Crippen LogP contribution >= 0.6 is 0 Å². The number of esters is 1. The summed E-state index contributed by atoms with van der Waals surface area (Å²) in [4.78, 5) is 26.5. The van der Waals surface area contributed by atoms with Crippen molar-refractivity contribution in [1.29, 1.82) is 0 Å². The smallest absolute Gasteiger partial charge is 0.336 e. The first-order chi connectivity index (χ1) is 17.1. The zero-order chi connectivity index (χ0) is 27.3. The number of benzene rings is 2. The van der Waals surface area contributed by atoms with Gasteiger partial charge in [0, 0.05) is 5.39 Å². The van der Waals surface area contributed by atoms with Crippen molar-refractivity contribution in [2.45, 2.75) is 63.5 Å². The number of carbonyl (C=O) groups excluding carboxylic acids is 1. The second kappa shape index (κ2) is 9.25. The average molecular weight is 531 g/mol. The fourth-order valence-corrected chi connectivity index (χ4v) is 6.58. The summed E-state index contributed by atoms with van der Waals surface area (Å²) < 4.78 is 49.2. The van der Waals surface area contributed by atoms with E-state index in [2.05, 4.69) is 0 Å². The molecule has 1 aromatic heterocycles. The predicted molar refractivity (Wildman–Crippen MR) is 137 cm³/mol. The van der Waals surface area contributed by atoms with E-state index in [1.165, 1.54) is 18.2 Å². The number of aromatic nitrogens is 1. The van der Waals surface area contributed by atoms with Crippen LogP contribution in [-0.2, 0) is 25.1 Å². The lowest BCUT2D eigenvalue weighted by molar-refractivity contribution is -0.157. The van der Waals surface area contributed by atoms with Gasteiger partial charge in [-0.05, 0) is 84.3 Å². The van der Waals surface area contributed by atoms with Crippen LogP contribution in [0.25, 0.3) is 10.9 Å². The molecular weight excluding hydrogens is 499 g/mol. The Kier molecular flexibility index (Phi) is 6.71. The summed E-state index contributed by atoms with van der Waals surface area (Å²) in [6.45, 7) is 9.36. The summed E-state index contributed by atoms with van der Waals surface area (Å²) in [7, 11) is -4.27. The molecule has 1 atom stereocenters. The third-order valence-electron chi connectivity index (χ3n) is 6.71. The number of hydrogen-bond donors (Lipinski definition) is 1. The molecule has 0 bridgehead atoms. The summed E-state index contributed by atoms with van der Waals surface area (Å²) in [5.74, 6) is -2.69. The van der Waals surface area contributed by atoms with E-state index in [0.717, 1.165) is 21.7 Å². The van der Waals surface area contributed by atoms with Gasteiger partial charge in [-0.15, -0.1) is 0 Å². The zero-order valence-electron chi connectivity index (χ0n) is 21.5. The van der Waals surface area contributed by atoms with Crippen molar-refractivity contribution in [2.24, 2.45) is 0 Å². The molecule has 1 aliphatic heterocycles. The maximum atomic E-state index is 14.6. The number of carboxylic acids is 1. The van der Waals surface area contributed by atoms with Crippen molar-refractivity contribution >= 4 is 32.9 Å². The minimum atomic E-state index is -4.27. The number of carbonyl (C=O) groups is 2. The third kappa shape index (κ3) is 5.00. The Balaban J connectivity index is 1.97. The lowest BCUT2D eigenvalue weighted by Crippen LogP contribution is -2.45. The largest absolute Gasteiger partial charge is 0.478 e. The van der Waals surface area contributed by atoms with Gasteiger partial charge in [-0.3, -0.25) is 9.69 Å². The highest BCUT2D eigenvalue weighted by molar-refractivity contribution is 7.90. The van der Waals surface area contributed by atoms with Gasteiger partial charge < -0.3 is 9.84 Å². The maximum absolute atomic E-state index is 14.6. The average Bonchev–Trinajstić information content (AvgIpc) is 3.34. The zero-order valence-corrected chi connectivity index (χ0v) is 22.4. The second-order valence-electron chi connectivity index (χ2n) is 10.7. The van der Waals surface area contributed by atoms with Crippen LogP contribution in [0.15, 0.2) is 47.4 Å². The van der Waals surface area contributed by atoms with Gasteiger partial charge in [0.15, 0.2) is 0 Å². The number of aromatic carboxylic acids is 1. The Morgan fingerprint density at radius 2 is 1.78 bits per heavy atom. The number of nitrogens with zero attached hydrogens (tertiary/aromatic N) is 2. The molecule has 2 aromatic carbocycles. The molecule has 10 heteroatoms. The van der Waals surface area contributed by atoms with E-state index in [1.54, 1.807) is 32.9 Å². The Labute approximate surface area is 215 Å². The highest BCUT2D eigenvalue weighted by Gasteiger charge is 2.44. The van der Waals surface area contributed by atoms with Crippen molar-refractivity contribution < 1.29 is 32.2 Å². The molecule has 1 saturated heterocycles. The van der Waals surface area contributed by atoms with Crippen LogP contribution in [0.4, 0.5) is 4.39 Å². The van der Waals surface area contributed by atoms with Crippen LogP contribution in [-0.4, -0.2) is 53.0 Å². The molecule has 0 amide bonds. The normalized spacial score (nSPS) is 18.9. The molecule has 198 valence electrons. The fourth-order valence-electron chi connectivity index (χ4n) is 4.97. The first-order valence-corrected chi connectivity index (χ1v) is 13.5. The van der Waals surface area contributed by atoms with Crippen LogP contribution < -0.4 is 0 Å². The molecule has 3 aromatic rings. The summed E-state index contributed by atoms with van der Waals surface area (Å²) in [6.07, 6.45) is 1.17. The molecule has 8 nitrogen and oxygen atoms in total. The lowest BCUT2D eigenvalue weighted by Gasteiger charge is -2.36. The van der Waals surface area contributed by atoms with Gasteiger partial charge >= 0.3 is 11.9 Å².